The molecule has 3 rings (SSSR count). The molecule has 0 unspecified atom stereocenters. The van der Waals surface area contributed by atoms with Gasteiger partial charge in [0.15, 0.2) is 6.10 Å². The van der Waals surface area contributed by atoms with E-state index in [4.69, 9.17) is 9.47 Å². The lowest BCUT2D eigenvalue weighted by atomic mass is 9.99. The van der Waals surface area contributed by atoms with E-state index in [1.54, 1.807) is 0 Å². The number of aliphatic hydroxyl groups excluding tert-OH is 3. The van der Waals surface area contributed by atoms with Gasteiger partial charge in [-0.3, -0.25) is 9.78 Å². The van der Waals surface area contributed by atoms with Gasteiger partial charge in [0.25, 0.3) is 11.5 Å². The van der Waals surface area contributed by atoms with Crippen molar-refractivity contribution >= 4 is 0 Å². The average Bonchev–Trinajstić information content (AvgIpc) is 2.92. The van der Waals surface area contributed by atoms with Gasteiger partial charge in [-0.2, -0.15) is 0 Å². The molecule has 0 aromatic carbocycles. The zero-order valence-electron chi connectivity index (χ0n) is 16.0. The van der Waals surface area contributed by atoms with Gasteiger partial charge in [0.1, 0.15) is 12.2 Å². The molecule has 2 fully saturated rings. The Labute approximate surface area is 162 Å². The summed E-state index contributed by atoms with van der Waals surface area (Å²) in [5, 5.41) is 30.6. The molecule has 9 heteroatoms. The smallest absolute Gasteiger partial charge is 0.332 e. The number of aliphatic hydroxyl groups is 3. The molecule has 28 heavy (non-hydrogen) atoms. The molecule has 4 atom stereocenters. The van der Waals surface area contributed by atoms with E-state index in [-0.39, 0.29) is 6.10 Å². The highest BCUT2D eigenvalue weighted by Crippen LogP contribution is 2.38. The molecule has 0 bridgehead atoms. The van der Waals surface area contributed by atoms with Crippen molar-refractivity contribution in [3.8, 4) is 0 Å². The lowest BCUT2D eigenvalue weighted by Crippen LogP contribution is -2.54. The summed E-state index contributed by atoms with van der Waals surface area (Å²) in [6.45, 7) is -0.549. The van der Waals surface area contributed by atoms with Crippen LogP contribution in [0.1, 0.15) is 57.8 Å². The van der Waals surface area contributed by atoms with Crippen molar-refractivity contribution in [1.82, 2.24) is 9.55 Å². The Morgan fingerprint density at radius 2 is 1.71 bits per heavy atom. The molecule has 4 N–H and O–H groups in total. The van der Waals surface area contributed by atoms with E-state index >= 15 is 0 Å². The fraction of sp³-hybridized carbons (Fsp3) is 0.789. The maximum absolute atomic E-state index is 12.4. The summed E-state index contributed by atoms with van der Waals surface area (Å²) in [7, 11) is 0. The monoisotopic (exact) mass is 398 g/mol. The van der Waals surface area contributed by atoms with Gasteiger partial charge in [-0.15, -0.1) is 0 Å². The Bertz CT molecular complexity index is 738. The van der Waals surface area contributed by atoms with E-state index in [0.29, 0.717) is 0 Å². The van der Waals surface area contributed by atoms with E-state index in [1.165, 1.54) is 25.5 Å². The first-order valence-corrected chi connectivity index (χ1v) is 10.1. The van der Waals surface area contributed by atoms with Gasteiger partial charge in [-0.25, -0.2) is 9.36 Å². The molecule has 0 spiro atoms. The van der Waals surface area contributed by atoms with Crippen LogP contribution in [0.3, 0.4) is 0 Å². The van der Waals surface area contributed by atoms with Gasteiger partial charge in [0.05, 0.1) is 12.7 Å². The third-order valence-electron chi connectivity index (χ3n) is 5.63. The van der Waals surface area contributed by atoms with Crippen LogP contribution < -0.4 is 11.2 Å². The maximum atomic E-state index is 12.4. The van der Waals surface area contributed by atoms with E-state index in [0.717, 1.165) is 49.2 Å². The number of hydrogen-bond acceptors (Lipinski definition) is 7. The van der Waals surface area contributed by atoms with Gasteiger partial charge in [-0.05, 0) is 12.8 Å². The van der Waals surface area contributed by atoms with E-state index in [2.05, 4.69) is 4.98 Å². The third-order valence-corrected chi connectivity index (χ3v) is 5.63. The van der Waals surface area contributed by atoms with Crippen molar-refractivity contribution in [3.05, 3.63) is 33.1 Å². The number of hydrogen-bond donors (Lipinski definition) is 4. The summed E-state index contributed by atoms with van der Waals surface area (Å²) < 4.78 is 12.9. The Hall–Kier alpha value is -1.52. The van der Waals surface area contributed by atoms with Crippen molar-refractivity contribution in [2.24, 2.45) is 0 Å². The molecule has 1 saturated heterocycles. The normalized spacial score (nSPS) is 33.0. The minimum absolute atomic E-state index is 0.295. The molecule has 0 amide bonds. The second kappa shape index (κ2) is 9.32. The minimum atomic E-state index is -2.01. The minimum Gasteiger partial charge on any atom is -0.394 e. The molecule has 0 radical (unpaired) electrons. The molecule has 1 aliphatic heterocycles. The van der Waals surface area contributed by atoms with Crippen LogP contribution in [-0.4, -0.2) is 55.9 Å². The topological polar surface area (TPSA) is 134 Å². The zero-order chi connectivity index (χ0) is 20.1. The summed E-state index contributed by atoms with van der Waals surface area (Å²) in [4.78, 5) is 26.0. The van der Waals surface area contributed by atoms with Crippen LogP contribution in [0.25, 0.3) is 0 Å². The fourth-order valence-corrected chi connectivity index (χ4v) is 4.07. The SMILES string of the molecule is O=c1ccn([C@]2(OC3CCCCCCCCC3)O[C@H](CO)[C@@H](O)[C@H]2O)c(=O)[nH]1. The number of aromatic nitrogens is 2. The van der Waals surface area contributed by atoms with Gasteiger partial charge in [0, 0.05) is 12.3 Å². The Kier molecular flexibility index (Phi) is 7.05. The number of ether oxygens (including phenoxy) is 2. The molecular formula is C19H30N2O7. The number of rotatable bonds is 4. The zero-order valence-corrected chi connectivity index (χ0v) is 16.0. The van der Waals surface area contributed by atoms with Gasteiger partial charge in [-0.1, -0.05) is 44.9 Å². The molecule has 2 aliphatic rings. The first kappa shape index (κ1) is 21.2. The summed E-state index contributed by atoms with van der Waals surface area (Å²) in [5.74, 6) is -2.01. The third kappa shape index (κ3) is 4.38. The fourth-order valence-electron chi connectivity index (χ4n) is 4.07. The summed E-state index contributed by atoms with van der Waals surface area (Å²) >= 11 is 0. The maximum Gasteiger partial charge on any atom is 0.332 e. The lowest BCUT2D eigenvalue weighted by molar-refractivity contribution is -0.336. The second-order valence-corrected chi connectivity index (χ2v) is 7.68. The van der Waals surface area contributed by atoms with Crippen molar-refractivity contribution in [3.63, 3.8) is 0 Å². The first-order chi connectivity index (χ1) is 13.5. The molecule has 1 aromatic rings. The number of aromatic amines is 1. The van der Waals surface area contributed by atoms with Crippen LogP contribution in [0.5, 0.6) is 0 Å². The van der Waals surface area contributed by atoms with E-state index in [9.17, 15) is 24.9 Å². The summed E-state index contributed by atoms with van der Waals surface area (Å²) in [6, 6.07) is 1.12. The quantitative estimate of drug-likeness (QED) is 0.568. The van der Waals surface area contributed by atoms with Crippen LogP contribution in [0.15, 0.2) is 21.9 Å². The highest BCUT2D eigenvalue weighted by molar-refractivity contribution is 4.98. The van der Waals surface area contributed by atoms with Crippen molar-refractivity contribution in [2.75, 3.05) is 6.61 Å². The van der Waals surface area contributed by atoms with Crippen molar-refractivity contribution in [2.45, 2.75) is 88.1 Å². The molecule has 158 valence electrons. The Balaban J connectivity index is 1.94. The standard InChI is InChI=1S/C19H30N2O7/c22-12-14-16(24)17(25)19(28-14,21-11-10-15(23)20-18(21)26)27-13-8-6-4-2-1-3-5-7-9-13/h10-11,13-14,16-17,22,24-25H,1-9,12H2,(H,20,23,26)/t14-,16-,17-,19-/m1/s1. The second-order valence-electron chi connectivity index (χ2n) is 7.68. The van der Waals surface area contributed by atoms with Crippen LogP contribution in [-0.2, 0) is 15.4 Å². The van der Waals surface area contributed by atoms with Crippen LogP contribution >= 0.6 is 0 Å². The molecule has 9 nitrogen and oxygen atoms in total. The summed E-state index contributed by atoms with van der Waals surface area (Å²) in [6.07, 6.45) is 5.80. The van der Waals surface area contributed by atoms with Crippen molar-refractivity contribution < 1.29 is 24.8 Å². The number of nitrogens with one attached hydrogen (secondary N) is 1. The van der Waals surface area contributed by atoms with Crippen LogP contribution in [0, 0.1) is 0 Å². The van der Waals surface area contributed by atoms with Gasteiger partial charge < -0.3 is 24.8 Å². The summed E-state index contributed by atoms with van der Waals surface area (Å²) in [5.41, 5.74) is -1.42. The number of H-pyrrole nitrogens is 1. The Morgan fingerprint density at radius 1 is 1.11 bits per heavy atom. The Morgan fingerprint density at radius 3 is 2.25 bits per heavy atom. The molecule has 1 saturated carbocycles. The van der Waals surface area contributed by atoms with Gasteiger partial charge in [0.2, 0.25) is 0 Å². The van der Waals surface area contributed by atoms with Crippen LogP contribution in [0.2, 0.25) is 0 Å². The van der Waals surface area contributed by atoms with Gasteiger partial charge >= 0.3 is 5.69 Å². The highest BCUT2D eigenvalue weighted by atomic mass is 16.8. The first-order valence-electron chi connectivity index (χ1n) is 10.1. The average molecular weight is 398 g/mol. The largest absolute Gasteiger partial charge is 0.394 e. The highest BCUT2D eigenvalue weighted by Gasteiger charge is 2.58. The molecule has 1 aliphatic carbocycles. The van der Waals surface area contributed by atoms with E-state index in [1.807, 2.05) is 0 Å². The van der Waals surface area contributed by atoms with Crippen LogP contribution in [0.4, 0.5) is 0 Å². The number of nitrogens with zero attached hydrogens (tertiary/aromatic N) is 1. The predicted octanol–water partition coefficient (Wildman–Crippen LogP) is 0.170. The molecular weight excluding hydrogens is 368 g/mol. The molecule has 1 aromatic heterocycles. The van der Waals surface area contributed by atoms with E-state index < -0.39 is 42.1 Å². The predicted molar refractivity (Wildman–Crippen MR) is 99.7 cm³/mol. The lowest BCUT2D eigenvalue weighted by Gasteiger charge is -2.36. The molecule has 2 heterocycles. The van der Waals surface area contributed by atoms with Crippen molar-refractivity contribution in [1.29, 1.82) is 0 Å².